The van der Waals surface area contributed by atoms with Crippen LogP contribution in [0.1, 0.15) is 19.8 Å². The second kappa shape index (κ2) is 9.58. The van der Waals surface area contributed by atoms with Gasteiger partial charge in [0.05, 0.1) is 0 Å². The van der Waals surface area contributed by atoms with Crippen LogP contribution in [-0.2, 0) is 19.1 Å². The van der Waals surface area contributed by atoms with E-state index in [2.05, 4.69) is 5.32 Å². The highest BCUT2D eigenvalue weighted by atomic mass is 16.6. The predicted octanol–water partition coefficient (Wildman–Crippen LogP) is -2.94. The van der Waals surface area contributed by atoms with Crippen molar-refractivity contribution < 1.29 is 29.3 Å². The third-order valence-electron chi connectivity index (χ3n) is 3.13. The Morgan fingerprint density at radius 3 is 2.26 bits per heavy atom. The van der Waals surface area contributed by atoms with Gasteiger partial charge in [-0.25, -0.2) is 4.79 Å². The molecule has 0 rings (SSSR count). The van der Waals surface area contributed by atoms with Gasteiger partial charge < -0.3 is 37.5 Å². The van der Waals surface area contributed by atoms with Crippen LogP contribution in [0.25, 0.3) is 0 Å². The Morgan fingerprint density at radius 1 is 1.30 bits per heavy atom. The molecule has 0 radical (unpaired) electrons. The average Bonchev–Trinajstić information content (AvgIpc) is 2.46. The van der Waals surface area contributed by atoms with Gasteiger partial charge in [0.2, 0.25) is 5.91 Å². The Kier molecular flexibility index (Phi) is 8.58. The second-order valence-corrected chi connectivity index (χ2v) is 4.84. The quantitative estimate of drug-likeness (QED) is 0.123. The minimum atomic E-state index is -1.74. The number of guanidine groups is 1. The van der Waals surface area contributed by atoms with Gasteiger partial charge in [-0.05, 0) is 12.8 Å². The highest BCUT2D eigenvalue weighted by molar-refractivity contribution is 5.83. The molecule has 11 nitrogen and oxygen atoms in total. The number of hydrogen-bond acceptors (Lipinski definition) is 7. The summed E-state index contributed by atoms with van der Waals surface area (Å²) in [6, 6.07) is -1.47. The van der Waals surface area contributed by atoms with Crippen molar-refractivity contribution in [3.05, 3.63) is 0 Å². The van der Waals surface area contributed by atoms with Gasteiger partial charge in [-0.2, -0.15) is 0 Å². The van der Waals surface area contributed by atoms with E-state index in [1.807, 2.05) is 0 Å². The first kappa shape index (κ1) is 20.6. The molecule has 0 aromatic rings. The van der Waals surface area contributed by atoms with Gasteiger partial charge in [0.25, 0.3) is 0 Å². The smallest absolute Gasteiger partial charge is 0.345 e. The van der Waals surface area contributed by atoms with Crippen LogP contribution in [0.4, 0.5) is 0 Å². The fourth-order valence-corrected chi connectivity index (χ4v) is 1.82. The van der Waals surface area contributed by atoms with Crippen LogP contribution >= 0.6 is 0 Å². The molecule has 4 atom stereocenters. The minimum Gasteiger partial charge on any atom is -0.479 e. The zero-order valence-electron chi connectivity index (χ0n) is 12.7. The Hall–Kier alpha value is -2.40. The summed E-state index contributed by atoms with van der Waals surface area (Å²) in [5.41, 5.74) is 15.8. The number of carbonyl (C=O) groups excluding carboxylic acids is 2. The number of nitrogens with two attached hydrogens (primary N) is 3. The molecule has 0 aliphatic rings. The number of rotatable bonds is 10. The third-order valence-corrected chi connectivity index (χ3v) is 3.13. The van der Waals surface area contributed by atoms with Gasteiger partial charge in [0, 0.05) is 12.5 Å². The van der Waals surface area contributed by atoms with Crippen molar-refractivity contribution in [3.63, 3.8) is 0 Å². The van der Waals surface area contributed by atoms with E-state index in [4.69, 9.17) is 32.5 Å². The highest BCUT2D eigenvalue weighted by Gasteiger charge is 2.36. The van der Waals surface area contributed by atoms with Crippen LogP contribution in [0.2, 0.25) is 0 Å². The SMILES string of the molecule is CCC(OC(=O)[C@@H](N)C(CCNC(=N)N)C(O)C(N)=O)C(=O)O. The van der Waals surface area contributed by atoms with Gasteiger partial charge in [-0.1, -0.05) is 6.92 Å². The summed E-state index contributed by atoms with van der Waals surface area (Å²) >= 11 is 0. The Bertz CT molecular complexity index is 457. The summed E-state index contributed by atoms with van der Waals surface area (Å²) in [4.78, 5) is 33.9. The van der Waals surface area contributed by atoms with Gasteiger partial charge in [0.15, 0.2) is 12.1 Å². The van der Waals surface area contributed by atoms with Gasteiger partial charge >= 0.3 is 11.9 Å². The molecule has 10 N–H and O–H groups in total. The molecule has 0 fully saturated rings. The predicted molar refractivity (Wildman–Crippen MR) is 79.0 cm³/mol. The molecule has 0 spiro atoms. The topological polar surface area (TPSA) is 215 Å². The number of hydrogen-bond donors (Lipinski definition) is 7. The zero-order chi connectivity index (χ0) is 18.2. The van der Waals surface area contributed by atoms with Gasteiger partial charge in [-0.3, -0.25) is 15.0 Å². The fourth-order valence-electron chi connectivity index (χ4n) is 1.82. The van der Waals surface area contributed by atoms with Crippen LogP contribution in [0.15, 0.2) is 0 Å². The number of esters is 1. The van der Waals surface area contributed by atoms with Crippen molar-refractivity contribution in [3.8, 4) is 0 Å². The van der Waals surface area contributed by atoms with Crippen LogP contribution in [0, 0.1) is 11.3 Å². The molecule has 132 valence electrons. The molecule has 3 unspecified atom stereocenters. The second-order valence-electron chi connectivity index (χ2n) is 4.84. The molecule has 11 heteroatoms. The van der Waals surface area contributed by atoms with Crippen molar-refractivity contribution in [1.29, 1.82) is 5.41 Å². The Labute approximate surface area is 132 Å². The van der Waals surface area contributed by atoms with Crippen molar-refractivity contribution in [1.82, 2.24) is 5.32 Å². The normalized spacial score (nSPS) is 15.8. The number of carbonyl (C=O) groups is 3. The molecule has 23 heavy (non-hydrogen) atoms. The molecule has 0 aromatic heterocycles. The fraction of sp³-hybridized carbons (Fsp3) is 0.667. The molecule has 0 heterocycles. The monoisotopic (exact) mass is 333 g/mol. The van der Waals surface area contributed by atoms with E-state index in [1.54, 1.807) is 0 Å². The maximum atomic E-state index is 11.9. The van der Waals surface area contributed by atoms with E-state index >= 15 is 0 Å². The number of aliphatic hydroxyl groups is 1. The molecule has 0 aliphatic carbocycles. The standard InChI is InChI=1S/C12H23N5O6/c1-2-6(10(20)21)23-11(22)7(13)5(8(18)9(14)19)3-4-17-12(15)16/h5-8,18H,2-4,13H2,1H3,(H2,14,19)(H,20,21)(H4,15,16,17)/t5?,6?,7-,8?/m0/s1. The Balaban J connectivity index is 4.98. The highest BCUT2D eigenvalue weighted by Crippen LogP contribution is 2.15. The van der Waals surface area contributed by atoms with Gasteiger partial charge in [0.1, 0.15) is 12.1 Å². The number of carboxylic acid groups (broad SMARTS) is 1. The molecule has 0 aromatic carbocycles. The lowest BCUT2D eigenvalue weighted by atomic mass is 9.90. The van der Waals surface area contributed by atoms with Crippen LogP contribution in [0.3, 0.4) is 0 Å². The van der Waals surface area contributed by atoms with Crippen molar-refractivity contribution in [2.45, 2.75) is 38.0 Å². The van der Waals surface area contributed by atoms with E-state index in [1.165, 1.54) is 6.92 Å². The molecular weight excluding hydrogens is 310 g/mol. The number of carboxylic acids is 1. The first-order valence-corrected chi connectivity index (χ1v) is 6.85. The summed E-state index contributed by atoms with van der Waals surface area (Å²) in [5, 5.41) is 28.1. The summed E-state index contributed by atoms with van der Waals surface area (Å²) in [6.07, 6.45) is -3.11. The van der Waals surface area contributed by atoms with E-state index in [-0.39, 0.29) is 25.3 Å². The van der Waals surface area contributed by atoms with Gasteiger partial charge in [-0.15, -0.1) is 0 Å². The third kappa shape index (κ3) is 6.93. The first-order chi connectivity index (χ1) is 10.6. The van der Waals surface area contributed by atoms with Crippen LogP contribution < -0.4 is 22.5 Å². The zero-order valence-corrected chi connectivity index (χ0v) is 12.7. The molecule has 0 bridgehead atoms. The van der Waals surface area contributed by atoms with Crippen molar-refractivity contribution >= 4 is 23.8 Å². The van der Waals surface area contributed by atoms with Crippen LogP contribution in [0.5, 0.6) is 0 Å². The largest absolute Gasteiger partial charge is 0.479 e. The summed E-state index contributed by atoms with van der Waals surface area (Å²) in [7, 11) is 0. The maximum Gasteiger partial charge on any atom is 0.345 e. The van der Waals surface area contributed by atoms with Crippen molar-refractivity contribution in [2.24, 2.45) is 23.1 Å². The Morgan fingerprint density at radius 2 is 1.87 bits per heavy atom. The lowest BCUT2D eigenvalue weighted by Gasteiger charge is -2.26. The number of nitrogens with one attached hydrogen (secondary N) is 2. The van der Waals surface area contributed by atoms with E-state index < -0.39 is 42.0 Å². The number of aliphatic carboxylic acids is 1. The first-order valence-electron chi connectivity index (χ1n) is 6.85. The molecule has 0 saturated carbocycles. The van der Waals surface area contributed by atoms with Crippen molar-refractivity contribution in [2.75, 3.05) is 6.54 Å². The lowest BCUT2D eigenvalue weighted by molar-refractivity contribution is -0.166. The molecular formula is C12H23N5O6. The lowest BCUT2D eigenvalue weighted by Crippen LogP contribution is -2.51. The minimum absolute atomic E-state index is 0.0240. The number of aliphatic hydroxyl groups excluding tert-OH is 1. The van der Waals surface area contributed by atoms with Crippen LogP contribution in [-0.4, -0.2) is 58.8 Å². The summed E-state index contributed by atoms with van der Waals surface area (Å²) < 4.78 is 4.75. The number of amides is 1. The van der Waals surface area contributed by atoms with E-state index in [9.17, 15) is 19.5 Å². The molecule has 1 amide bonds. The molecule has 0 saturated heterocycles. The van der Waals surface area contributed by atoms with E-state index in [0.29, 0.717) is 0 Å². The summed E-state index contributed by atoms with van der Waals surface area (Å²) in [5.74, 6) is -4.97. The van der Waals surface area contributed by atoms with E-state index in [0.717, 1.165) is 0 Å². The number of primary amides is 1. The summed E-state index contributed by atoms with van der Waals surface area (Å²) in [6.45, 7) is 1.55. The molecule has 0 aliphatic heterocycles. The number of ether oxygens (including phenoxy) is 1. The maximum absolute atomic E-state index is 11.9. The average molecular weight is 333 g/mol.